The molecule has 2 fully saturated rings. The van der Waals surface area contributed by atoms with Crippen molar-refractivity contribution in [2.45, 2.75) is 37.8 Å². The molecule has 0 aromatic heterocycles. The Labute approximate surface area is 138 Å². The van der Waals surface area contributed by atoms with E-state index in [0.29, 0.717) is 6.54 Å². The number of anilines is 1. The van der Waals surface area contributed by atoms with E-state index in [-0.39, 0.29) is 23.9 Å². The highest BCUT2D eigenvalue weighted by Crippen LogP contribution is 2.22. The largest absolute Gasteiger partial charge is 0.329 e. The van der Waals surface area contributed by atoms with Gasteiger partial charge in [0, 0.05) is 16.7 Å². The van der Waals surface area contributed by atoms with Crippen molar-refractivity contribution >= 4 is 33.4 Å². The topological polar surface area (TPSA) is 61.4 Å². The lowest BCUT2D eigenvalue weighted by Crippen LogP contribution is -2.49. The molecule has 2 heterocycles. The number of carbonyl (C=O) groups excluding carboxylic acids is 2. The summed E-state index contributed by atoms with van der Waals surface area (Å²) < 4.78 is 0.968. The first-order valence-corrected chi connectivity index (χ1v) is 8.55. The van der Waals surface area contributed by atoms with Crippen LogP contribution in [-0.2, 0) is 9.59 Å². The predicted molar refractivity (Wildman–Crippen MR) is 88.5 cm³/mol. The molecule has 118 valence electrons. The summed E-state index contributed by atoms with van der Waals surface area (Å²) in [7, 11) is 0. The van der Waals surface area contributed by atoms with Crippen molar-refractivity contribution in [3.8, 4) is 0 Å². The Morgan fingerprint density at radius 1 is 1.18 bits per heavy atom. The molecule has 2 amide bonds. The molecule has 1 unspecified atom stereocenters. The van der Waals surface area contributed by atoms with E-state index in [1.54, 1.807) is 4.90 Å². The SMILES string of the molecule is O=C(Nc1ccc(Br)cc1)C1CCCN1C(=O)[C@@H]1CCCN1. The van der Waals surface area contributed by atoms with Crippen LogP contribution in [0.4, 0.5) is 5.69 Å². The van der Waals surface area contributed by atoms with Crippen LogP contribution in [0.25, 0.3) is 0 Å². The lowest BCUT2D eigenvalue weighted by Gasteiger charge is -2.26. The van der Waals surface area contributed by atoms with Gasteiger partial charge in [0.25, 0.3) is 0 Å². The van der Waals surface area contributed by atoms with Crippen molar-refractivity contribution in [3.05, 3.63) is 28.7 Å². The molecule has 1 aromatic carbocycles. The van der Waals surface area contributed by atoms with Gasteiger partial charge in [0.1, 0.15) is 6.04 Å². The zero-order valence-electron chi connectivity index (χ0n) is 12.3. The molecule has 0 bridgehead atoms. The first-order valence-electron chi connectivity index (χ1n) is 7.75. The molecule has 0 radical (unpaired) electrons. The van der Waals surface area contributed by atoms with Crippen molar-refractivity contribution in [3.63, 3.8) is 0 Å². The third kappa shape index (κ3) is 3.33. The van der Waals surface area contributed by atoms with Gasteiger partial charge < -0.3 is 15.5 Å². The number of rotatable bonds is 3. The lowest BCUT2D eigenvalue weighted by atomic mass is 10.1. The number of nitrogens with zero attached hydrogens (tertiary/aromatic N) is 1. The normalized spacial score (nSPS) is 24.5. The molecule has 2 aliphatic rings. The number of carbonyl (C=O) groups is 2. The maximum Gasteiger partial charge on any atom is 0.247 e. The second kappa shape index (κ2) is 6.79. The molecule has 0 spiro atoms. The average Bonchev–Trinajstić information content (AvgIpc) is 3.20. The first kappa shape index (κ1) is 15.5. The van der Waals surface area contributed by atoms with E-state index in [1.807, 2.05) is 24.3 Å². The summed E-state index contributed by atoms with van der Waals surface area (Å²) in [5.74, 6) is -0.0166. The fourth-order valence-corrected chi connectivity index (χ4v) is 3.42. The minimum atomic E-state index is -0.349. The Bertz CT molecular complexity index is 555. The summed E-state index contributed by atoms with van der Waals surface area (Å²) in [6, 6.07) is 7.01. The highest BCUT2D eigenvalue weighted by molar-refractivity contribution is 9.10. The van der Waals surface area contributed by atoms with Gasteiger partial charge in [0.15, 0.2) is 0 Å². The Balaban J connectivity index is 1.65. The van der Waals surface area contributed by atoms with E-state index in [0.717, 1.165) is 42.4 Å². The maximum absolute atomic E-state index is 12.5. The lowest BCUT2D eigenvalue weighted by molar-refractivity contribution is -0.138. The fourth-order valence-electron chi connectivity index (χ4n) is 3.16. The first-order chi connectivity index (χ1) is 10.6. The van der Waals surface area contributed by atoms with Crippen LogP contribution in [0.5, 0.6) is 0 Å². The van der Waals surface area contributed by atoms with Gasteiger partial charge in [0.2, 0.25) is 11.8 Å². The van der Waals surface area contributed by atoms with Crippen molar-refractivity contribution in [1.29, 1.82) is 0 Å². The van der Waals surface area contributed by atoms with Crippen LogP contribution < -0.4 is 10.6 Å². The highest BCUT2D eigenvalue weighted by Gasteiger charge is 2.37. The van der Waals surface area contributed by atoms with Crippen molar-refractivity contribution < 1.29 is 9.59 Å². The van der Waals surface area contributed by atoms with Crippen molar-refractivity contribution in [2.75, 3.05) is 18.4 Å². The van der Waals surface area contributed by atoms with Crippen LogP contribution >= 0.6 is 15.9 Å². The fraction of sp³-hybridized carbons (Fsp3) is 0.500. The summed E-state index contributed by atoms with van der Waals surface area (Å²) in [4.78, 5) is 26.8. The summed E-state index contributed by atoms with van der Waals surface area (Å²) in [6.45, 7) is 1.56. The van der Waals surface area contributed by atoms with Crippen LogP contribution in [0.1, 0.15) is 25.7 Å². The molecule has 2 atom stereocenters. The molecule has 1 aromatic rings. The Morgan fingerprint density at radius 2 is 1.95 bits per heavy atom. The number of hydrogen-bond donors (Lipinski definition) is 2. The summed E-state index contributed by atoms with van der Waals surface area (Å²) >= 11 is 3.37. The zero-order valence-corrected chi connectivity index (χ0v) is 13.9. The molecular formula is C16H20BrN3O2. The van der Waals surface area contributed by atoms with E-state index in [9.17, 15) is 9.59 Å². The molecular weight excluding hydrogens is 346 g/mol. The number of nitrogens with one attached hydrogen (secondary N) is 2. The molecule has 22 heavy (non-hydrogen) atoms. The molecule has 3 rings (SSSR count). The van der Waals surface area contributed by atoms with Gasteiger partial charge in [-0.2, -0.15) is 0 Å². The van der Waals surface area contributed by atoms with Gasteiger partial charge in [-0.05, 0) is 56.5 Å². The van der Waals surface area contributed by atoms with Gasteiger partial charge in [-0.25, -0.2) is 0 Å². The van der Waals surface area contributed by atoms with E-state index >= 15 is 0 Å². The van der Waals surface area contributed by atoms with Crippen LogP contribution in [0, 0.1) is 0 Å². The summed E-state index contributed by atoms with van der Waals surface area (Å²) in [6.07, 6.45) is 3.52. The molecule has 2 N–H and O–H groups in total. The van der Waals surface area contributed by atoms with Crippen LogP contribution in [0.3, 0.4) is 0 Å². The number of likely N-dealkylation sites (tertiary alicyclic amines) is 1. The Kier molecular flexibility index (Phi) is 4.78. The summed E-state index contributed by atoms with van der Waals surface area (Å²) in [5, 5.41) is 6.13. The van der Waals surface area contributed by atoms with E-state index in [1.165, 1.54) is 0 Å². The van der Waals surface area contributed by atoms with Gasteiger partial charge in [0.05, 0.1) is 6.04 Å². The standard InChI is InChI=1S/C16H20BrN3O2/c17-11-5-7-12(8-6-11)19-15(21)14-4-2-10-20(14)16(22)13-3-1-9-18-13/h5-8,13-14,18H,1-4,9-10H2,(H,19,21)/t13-,14?/m0/s1. The van der Waals surface area contributed by atoms with E-state index < -0.39 is 0 Å². The maximum atomic E-state index is 12.5. The number of benzene rings is 1. The number of amides is 2. The second-order valence-electron chi connectivity index (χ2n) is 5.83. The minimum Gasteiger partial charge on any atom is -0.329 e. The minimum absolute atomic E-state index is 0.0750. The molecule has 2 saturated heterocycles. The van der Waals surface area contributed by atoms with Crippen LogP contribution in [0.2, 0.25) is 0 Å². The third-order valence-electron chi connectivity index (χ3n) is 4.31. The third-order valence-corrected chi connectivity index (χ3v) is 4.84. The van der Waals surface area contributed by atoms with Crippen LogP contribution in [0.15, 0.2) is 28.7 Å². The van der Waals surface area contributed by atoms with Gasteiger partial charge in [-0.1, -0.05) is 15.9 Å². The van der Waals surface area contributed by atoms with E-state index in [4.69, 9.17) is 0 Å². The van der Waals surface area contributed by atoms with Crippen LogP contribution in [-0.4, -0.2) is 41.9 Å². The molecule has 0 aliphatic carbocycles. The molecule has 2 aliphatic heterocycles. The van der Waals surface area contributed by atoms with E-state index in [2.05, 4.69) is 26.6 Å². The highest BCUT2D eigenvalue weighted by atomic mass is 79.9. The molecule has 0 saturated carbocycles. The Hall–Kier alpha value is -1.40. The summed E-state index contributed by atoms with van der Waals surface area (Å²) in [5.41, 5.74) is 0.756. The predicted octanol–water partition coefficient (Wildman–Crippen LogP) is 2.13. The quantitative estimate of drug-likeness (QED) is 0.862. The Morgan fingerprint density at radius 3 is 2.64 bits per heavy atom. The van der Waals surface area contributed by atoms with Gasteiger partial charge in [-0.15, -0.1) is 0 Å². The smallest absolute Gasteiger partial charge is 0.247 e. The average molecular weight is 366 g/mol. The monoisotopic (exact) mass is 365 g/mol. The zero-order chi connectivity index (χ0) is 15.5. The molecule has 5 nitrogen and oxygen atoms in total. The number of halogens is 1. The van der Waals surface area contributed by atoms with Crippen molar-refractivity contribution in [2.24, 2.45) is 0 Å². The van der Waals surface area contributed by atoms with Crippen molar-refractivity contribution in [1.82, 2.24) is 10.2 Å². The number of hydrogen-bond acceptors (Lipinski definition) is 3. The molecule has 6 heteroatoms. The van der Waals surface area contributed by atoms with Gasteiger partial charge in [-0.3, -0.25) is 9.59 Å². The second-order valence-corrected chi connectivity index (χ2v) is 6.75. The van der Waals surface area contributed by atoms with Gasteiger partial charge >= 0.3 is 0 Å².